The molecule has 1 atom stereocenters. The molecule has 0 aromatic carbocycles. The quantitative estimate of drug-likeness (QED) is 0.863. The van der Waals surface area contributed by atoms with Gasteiger partial charge in [0.15, 0.2) is 0 Å². The molecule has 1 N–H and O–H groups in total. The smallest absolute Gasteiger partial charge is 0.0795 e. The van der Waals surface area contributed by atoms with Crippen LogP contribution in [-0.4, -0.2) is 12.0 Å². The van der Waals surface area contributed by atoms with E-state index in [0.29, 0.717) is 6.04 Å². The summed E-state index contributed by atoms with van der Waals surface area (Å²) in [5.41, 5.74) is 3.03. The Balaban J connectivity index is 2.08. The average molecular weight is 224 g/mol. The standard InChI is InChI=1S/C10H12N2S2/c1-11-9(10-6-13-7-12-10)5-8-3-2-4-14-8/h2-4,6-7,9,11H,5H2,1H3. The average Bonchev–Trinajstić information content (AvgIpc) is 2.86. The molecule has 2 nitrogen and oxygen atoms in total. The maximum atomic E-state index is 4.33. The summed E-state index contributed by atoms with van der Waals surface area (Å²) in [6, 6.07) is 4.61. The van der Waals surface area contributed by atoms with Crippen LogP contribution in [0.2, 0.25) is 0 Å². The van der Waals surface area contributed by atoms with E-state index in [0.717, 1.165) is 12.1 Å². The van der Waals surface area contributed by atoms with Crippen molar-refractivity contribution in [1.82, 2.24) is 10.3 Å². The summed E-state index contributed by atoms with van der Waals surface area (Å²) in [5.74, 6) is 0. The van der Waals surface area contributed by atoms with E-state index in [9.17, 15) is 0 Å². The Labute approximate surface area is 91.6 Å². The van der Waals surface area contributed by atoms with Crippen LogP contribution >= 0.6 is 22.7 Å². The third-order valence-corrected chi connectivity index (χ3v) is 3.65. The van der Waals surface area contributed by atoms with E-state index >= 15 is 0 Å². The molecule has 2 rings (SSSR count). The molecule has 0 aliphatic heterocycles. The molecule has 2 heterocycles. The molecule has 1 unspecified atom stereocenters. The number of rotatable bonds is 4. The van der Waals surface area contributed by atoms with Gasteiger partial charge in [0, 0.05) is 16.7 Å². The van der Waals surface area contributed by atoms with Gasteiger partial charge in [0.1, 0.15) is 0 Å². The van der Waals surface area contributed by atoms with E-state index < -0.39 is 0 Å². The summed E-state index contributed by atoms with van der Waals surface area (Å²) in [6.45, 7) is 0. The van der Waals surface area contributed by atoms with Crippen molar-refractivity contribution in [3.8, 4) is 0 Å². The molecule has 0 aliphatic carbocycles. The maximum absolute atomic E-state index is 4.33. The molecule has 74 valence electrons. The third-order valence-electron chi connectivity index (χ3n) is 2.14. The van der Waals surface area contributed by atoms with Crippen LogP contribution in [0, 0.1) is 0 Å². The van der Waals surface area contributed by atoms with Crippen LogP contribution in [0.3, 0.4) is 0 Å². The van der Waals surface area contributed by atoms with E-state index in [4.69, 9.17) is 0 Å². The Hall–Kier alpha value is -0.710. The van der Waals surface area contributed by atoms with E-state index in [1.807, 2.05) is 12.6 Å². The number of thiophene rings is 1. The van der Waals surface area contributed by atoms with Gasteiger partial charge in [-0.15, -0.1) is 22.7 Å². The van der Waals surface area contributed by atoms with Gasteiger partial charge in [-0.3, -0.25) is 0 Å². The predicted octanol–water partition coefficient (Wildman–Crippen LogP) is 2.71. The van der Waals surface area contributed by atoms with E-state index in [-0.39, 0.29) is 0 Å². The zero-order valence-electron chi connectivity index (χ0n) is 7.93. The van der Waals surface area contributed by atoms with Crippen LogP contribution in [0.25, 0.3) is 0 Å². The topological polar surface area (TPSA) is 24.9 Å². The molecular weight excluding hydrogens is 212 g/mol. The first-order chi connectivity index (χ1) is 6.90. The molecular formula is C10H12N2S2. The SMILES string of the molecule is CNC(Cc1cccs1)c1cscn1. The van der Waals surface area contributed by atoms with Crippen LogP contribution in [0.15, 0.2) is 28.4 Å². The fraction of sp³-hybridized carbons (Fsp3) is 0.300. The first-order valence-corrected chi connectivity index (χ1v) is 6.30. The zero-order chi connectivity index (χ0) is 9.80. The van der Waals surface area contributed by atoms with Crippen molar-refractivity contribution in [3.05, 3.63) is 39.0 Å². The van der Waals surface area contributed by atoms with Gasteiger partial charge in [0.25, 0.3) is 0 Å². The van der Waals surface area contributed by atoms with E-state index in [2.05, 4.69) is 33.2 Å². The molecule has 14 heavy (non-hydrogen) atoms. The van der Waals surface area contributed by atoms with Crippen molar-refractivity contribution in [2.45, 2.75) is 12.5 Å². The second-order valence-corrected chi connectivity index (χ2v) is 4.79. The van der Waals surface area contributed by atoms with Gasteiger partial charge in [-0.2, -0.15) is 0 Å². The van der Waals surface area contributed by atoms with Gasteiger partial charge < -0.3 is 5.32 Å². The number of hydrogen-bond acceptors (Lipinski definition) is 4. The lowest BCUT2D eigenvalue weighted by Gasteiger charge is -2.12. The second-order valence-electron chi connectivity index (χ2n) is 3.04. The number of nitrogens with zero attached hydrogens (tertiary/aromatic N) is 1. The van der Waals surface area contributed by atoms with Crippen molar-refractivity contribution in [3.63, 3.8) is 0 Å². The van der Waals surface area contributed by atoms with Crippen LogP contribution in [0.1, 0.15) is 16.6 Å². The minimum Gasteiger partial charge on any atom is -0.311 e. The van der Waals surface area contributed by atoms with Gasteiger partial charge >= 0.3 is 0 Å². The normalized spacial score (nSPS) is 12.9. The van der Waals surface area contributed by atoms with Crippen molar-refractivity contribution < 1.29 is 0 Å². The highest BCUT2D eigenvalue weighted by Crippen LogP contribution is 2.20. The molecule has 2 aromatic rings. The third kappa shape index (κ3) is 2.20. The molecule has 2 aromatic heterocycles. The van der Waals surface area contributed by atoms with E-state index in [1.165, 1.54) is 4.88 Å². The van der Waals surface area contributed by atoms with Crippen molar-refractivity contribution >= 4 is 22.7 Å². The molecule has 0 fully saturated rings. The van der Waals surface area contributed by atoms with Gasteiger partial charge in [-0.25, -0.2) is 4.98 Å². The highest BCUT2D eigenvalue weighted by Gasteiger charge is 2.11. The molecule has 0 saturated heterocycles. The van der Waals surface area contributed by atoms with Crippen LogP contribution in [0.4, 0.5) is 0 Å². The van der Waals surface area contributed by atoms with Crippen molar-refractivity contribution in [2.75, 3.05) is 7.05 Å². The first-order valence-electron chi connectivity index (χ1n) is 4.48. The van der Waals surface area contributed by atoms with Crippen LogP contribution in [0.5, 0.6) is 0 Å². The predicted molar refractivity (Wildman–Crippen MR) is 61.9 cm³/mol. The Morgan fingerprint density at radius 1 is 1.57 bits per heavy atom. The molecule has 0 radical (unpaired) electrons. The molecule has 0 amide bonds. The summed E-state index contributed by atoms with van der Waals surface area (Å²) in [7, 11) is 1.98. The minimum absolute atomic E-state index is 0.347. The number of nitrogens with one attached hydrogen (secondary N) is 1. The Morgan fingerprint density at radius 3 is 3.07 bits per heavy atom. The summed E-state index contributed by atoms with van der Waals surface area (Å²) in [5, 5.41) is 7.51. The highest BCUT2D eigenvalue weighted by molar-refractivity contribution is 7.09. The summed E-state index contributed by atoms with van der Waals surface area (Å²) in [4.78, 5) is 5.73. The number of likely N-dealkylation sites (N-methyl/N-ethyl adjacent to an activating group) is 1. The number of aromatic nitrogens is 1. The molecule has 0 spiro atoms. The maximum Gasteiger partial charge on any atom is 0.0795 e. The Morgan fingerprint density at radius 2 is 2.50 bits per heavy atom. The first kappa shape index (κ1) is 9.83. The lowest BCUT2D eigenvalue weighted by molar-refractivity contribution is 0.583. The van der Waals surface area contributed by atoms with Gasteiger partial charge in [0.2, 0.25) is 0 Å². The highest BCUT2D eigenvalue weighted by atomic mass is 32.1. The fourth-order valence-corrected chi connectivity index (χ4v) is 2.74. The largest absolute Gasteiger partial charge is 0.311 e. The lowest BCUT2D eigenvalue weighted by Crippen LogP contribution is -2.18. The van der Waals surface area contributed by atoms with Gasteiger partial charge in [-0.1, -0.05) is 6.07 Å². The minimum atomic E-state index is 0.347. The van der Waals surface area contributed by atoms with Crippen LogP contribution in [-0.2, 0) is 6.42 Å². The van der Waals surface area contributed by atoms with E-state index in [1.54, 1.807) is 22.7 Å². The second kappa shape index (κ2) is 4.68. The molecule has 0 saturated carbocycles. The van der Waals surface area contributed by atoms with Gasteiger partial charge in [-0.05, 0) is 18.5 Å². The molecule has 0 aliphatic rings. The van der Waals surface area contributed by atoms with Crippen molar-refractivity contribution in [2.24, 2.45) is 0 Å². The lowest BCUT2D eigenvalue weighted by atomic mass is 10.1. The van der Waals surface area contributed by atoms with Gasteiger partial charge in [0.05, 0.1) is 17.2 Å². The Kier molecular flexibility index (Phi) is 3.29. The fourth-order valence-electron chi connectivity index (χ4n) is 1.38. The summed E-state index contributed by atoms with van der Waals surface area (Å²) in [6.07, 6.45) is 1.03. The van der Waals surface area contributed by atoms with Crippen LogP contribution < -0.4 is 5.32 Å². The number of hydrogen-bond donors (Lipinski definition) is 1. The molecule has 0 bridgehead atoms. The zero-order valence-corrected chi connectivity index (χ0v) is 9.57. The monoisotopic (exact) mass is 224 g/mol. The summed E-state index contributed by atoms with van der Waals surface area (Å²) < 4.78 is 0. The Bertz CT molecular complexity index is 353. The summed E-state index contributed by atoms with van der Waals surface area (Å²) >= 11 is 3.45. The van der Waals surface area contributed by atoms with Crippen molar-refractivity contribution in [1.29, 1.82) is 0 Å². The molecule has 4 heteroatoms. The number of thiazole rings is 1.